The predicted molar refractivity (Wildman–Crippen MR) is 53.0 cm³/mol. The molecule has 0 aromatic carbocycles. The molecule has 1 rings (SSSR count). The molecule has 0 unspecified atom stereocenters. The molecule has 1 heterocycles. The maximum absolute atomic E-state index is 11.5. The first kappa shape index (κ1) is 9.85. The molecule has 0 atom stereocenters. The summed E-state index contributed by atoms with van der Waals surface area (Å²) in [6.07, 6.45) is 9.25. The molecule has 2 nitrogen and oxygen atoms in total. The third-order valence-corrected chi connectivity index (χ3v) is 2.27. The molecular weight excluding hydrogens is 162 g/mol. The van der Waals surface area contributed by atoms with E-state index in [4.69, 9.17) is 6.42 Å². The van der Waals surface area contributed by atoms with Crippen molar-refractivity contribution in [2.45, 2.75) is 26.2 Å². The van der Waals surface area contributed by atoms with Gasteiger partial charge >= 0.3 is 0 Å². The molecule has 13 heavy (non-hydrogen) atoms. The second-order valence-electron chi connectivity index (χ2n) is 3.34. The smallest absolute Gasteiger partial charge is 0.223 e. The molecule has 1 amide bonds. The first-order chi connectivity index (χ1) is 6.24. The van der Waals surface area contributed by atoms with Gasteiger partial charge in [0.05, 0.1) is 0 Å². The van der Waals surface area contributed by atoms with Gasteiger partial charge in [-0.1, -0.05) is 11.6 Å². The Balaban J connectivity index is 2.38. The van der Waals surface area contributed by atoms with E-state index in [0.717, 1.165) is 19.5 Å². The Morgan fingerprint density at radius 3 is 3.08 bits per heavy atom. The summed E-state index contributed by atoms with van der Waals surface area (Å²) in [7, 11) is 0. The van der Waals surface area contributed by atoms with Crippen LogP contribution in [-0.2, 0) is 4.79 Å². The van der Waals surface area contributed by atoms with Crippen LogP contribution >= 0.6 is 0 Å². The Hall–Kier alpha value is -1.23. The zero-order valence-electron chi connectivity index (χ0n) is 8.05. The monoisotopic (exact) mass is 177 g/mol. The van der Waals surface area contributed by atoms with Crippen LogP contribution in [0.25, 0.3) is 0 Å². The molecule has 0 radical (unpaired) electrons. The van der Waals surface area contributed by atoms with E-state index in [9.17, 15) is 4.79 Å². The second kappa shape index (κ2) is 4.71. The molecule has 0 N–H and O–H groups in total. The molecule has 0 bridgehead atoms. The van der Waals surface area contributed by atoms with Crippen LogP contribution < -0.4 is 0 Å². The first-order valence-corrected chi connectivity index (χ1v) is 4.61. The van der Waals surface area contributed by atoms with Crippen LogP contribution in [0.1, 0.15) is 26.2 Å². The van der Waals surface area contributed by atoms with Crippen molar-refractivity contribution in [2.75, 3.05) is 13.1 Å². The molecule has 2 heteroatoms. The van der Waals surface area contributed by atoms with E-state index >= 15 is 0 Å². The van der Waals surface area contributed by atoms with Gasteiger partial charge in [0.1, 0.15) is 0 Å². The minimum atomic E-state index is 0.182. The minimum Gasteiger partial charge on any atom is -0.339 e. The SMILES string of the molecule is C#CCCC(=O)N1CC=C(C)CC1. The van der Waals surface area contributed by atoms with E-state index in [1.165, 1.54) is 5.57 Å². The van der Waals surface area contributed by atoms with Gasteiger partial charge in [-0.2, -0.15) is 0 Å². The number of amides is 1. The molecule has 0 aliphatic carbocycles. The highest BCUT2D eigenvalue weighted by molar-refractivity contribution is 5.76. The molecule has 0 fully saturated rings. The number of carbonyl (C=O) groups is 1. The molecular formula is C11H15NO. The van der Waals surface area contributed by atoms with Crippen molar-refractivity contribution in [3.05, 3.63) is 11.6 Å². The van der Waals surface area contributed by atoms with E-state index in [2.05, 4.69) is 18.9 Å². The van der Waals surface area contributed by atoms with Gasteiger partial charge in [-0.3, -0.25) is 4.79 Å². The third kappa shape index (κ3) is 2.95. The zero-order chi connectivity index (χ0) is 9.68. The standard InChI is InChI=1S/C11H15NO/c1-3-4-5-11(13)12-8-6-10(2)7-9-12/h1,6H,4-5,7-9H2,2H3. The lowest BCUT2D eigenvalue weighted by Gasteiger charge is -2.25. The maximum Gasteiger partial charge on any atom is 0.223 e. The third-order valence-electron chi connectivity index (χ3n) is 2.27. The maximum atomic E-state index is 11.5. The van der Waals surface area contributed by atoms with Crippen LogP contribution in [-0.4, -0.2) is 23.9 Å². The Morgan fingerprint density at radius 2 is 2.54 bits per heavy atom. The van der Waals surface area contributed by atoms with Gasteiger partial charge in [-0.15, -0.1) is 12.3 Å². The molecule has 0 aromatic heterocycles. The Kier molecular flexibility index (Phi) is 3.57. The van der Waals surface area contributed by atoms with Crippen molar-refractivity contribution in [3.8, 4) is 12.3 Å². The Morgan fingerprint density at radius 1 is 1.77 bits per heavy atom. The summed E-state index contributed by atoms with van der Waals surface area (Å²) in [5.41, 5.74) is 1.38. The Labute approximate surface area is 79.6 Å². The van der Waals surface area contributed by atoms with Crippen LogP contribution in [0, 0.1) is 12.3 Å². The highest BCUT2D eigenvalue weighted by Crippen LogP contribution is 2.10. The minimum absolute atomic E-state index is 0.182. The number of terminal acetylenes is 1. The quantitative estimate of drug-likeness (QED) is 0.463. The van der Waals surface area contributed by atoms with Crippen LogP contribution in [0.15, 0.2) is 11.6 Å². The van der Waals surface area contributed by atoms with Gasteiger partial charge in [0.2, 0.25) is 5.91 Å². The van der Waals surface area contributed by atoms with Gasteiger partial charge in [0, 0.05) is 25.9 Å². The molecule has 0 aromatic rings. The largest absolute Gasteiger partial charge is 0.339 e. The summed E-state index contributed by atoms with van der Waals surface area (Å²) in [6, 6.07) is 0. The van der Waals surface area contributed by atoms with Gasteiger partial charge in [-0.25, -0.2) is 0 Å². The molecule has 70 valence electrons. The number of rotatable bonds is 2. The average molecular weight is 177 g/mol. The van der Waals surface area contributed by atoms with Crippen LogP contribution in [0.2, 0.25) is 0 Å². The summed E-state index contributed by atoms with van der Waals surface area (Å²) in [5, 5.41) is 0. The van der Waals surface area contributed by atoms with Crippen molar-refractivity contribution in [3.63, 3.8) is 0 Å². The fraction of sp³-hybridized carbons (Fsp3) is 0.545. The highest BCUT2D eigenvalue weighted by Gasteiger charge is 2.14. The summed E-state index contributed by atoms with van der Waals surface area (Å²) in [6.45, 7) is 3.71. The van der Waals surface area contributed by atoms with Crippen LogP contribution in [0.3, 0.4) is 0 Å². The summed E-state index contributed by atoms with van der Waals surface area (Å²) in [5.74, 6) is 2.67. The van der Waals surface area contributed by atoms with Gasteiger partial charge in [0.25, 0.3) is 0 Å². The average Bonchev–Trinajstić information content (AvgIpc) is 2.15. The van der Waals surface area contributed by atoms with Gasteiger partial charge < -0.3 is 4.90 Å². The van der Waals surface area contributed by atoms with Gasteiger partial charge in [0.15, 0.2) is 0 Å². The zero-order valence-corrected chi connectivity index (χ0v) is 8.05. The van der Waals surface area contributed by atoms with E-state index in [-0.39, 0.29) is 5.91 Å². The summed E-state index contributed by atoms with van der Waals surface area (Å²) >= 11 is 0. The van der Waals surface area contributed by atoms with Crippen molar-refractivity contribution >= 4 is 5.91 Å². The van der Waals surface area contributed by atoms with E-state index in [1.807, 2.05) is 4.90 Å². The van der Waals surface area contributed by atoms with Crippen LogP contribution in [0.4, 0.5) is 0 Å². The van der Waals surface area contributed by atoms with Crippen LogP contribution in [0.5, 0.6) is 0 Å². The number of hydrogen-bond donors (Lipinski definition) is 0. The van der Waals surface area contributed by atoms with Crippen molar-refractivity contribution in [2.24, 2.45) is 0 Å². The fourth-order valence-electron chi connectivity index (χ4n) is 1.33. The van der Waals surface area contributed by atoms with Gasteiger partial charge in [-0.05, 0) is 13.3 Å². The number of nitrogens with zero attached hydrogens (tertiary/aromatic N) is 1. The second-order valence-corrected chi connectivity index (χ2v) is 3.34. The molecule has 1 aliphatic rings. The lowest BCUT2D eigenvalue weighted by molar-refractivity contribution is -0.130. The highest BCUT2D eigenvalue weighted by atomic mass is 16.2. The molecule has 0 saturated carbocycles. The van der Waals surface area contributed by atoms with Crippen molar-refractivity contribution in [1.29, 1.82) is 0 Å². The van der Waals surface area contributed by atoms with Crippen molar-refractivity contribution in [1.82, 2.24) is 4.90 Å². The topological polar surface area (TPSA) is 20.3 Å². The lowest BCUT2D eigenvalue weighted by atomic mass is 10.1. The van der Waals surface area contributed by atoms with E-state index < -0.39 is 0 Å². The molecule has 1 aliphatic heterocycles. The van der Waals surface area contributed by atoms with Crippen molar-refractivity contribution < 1.29 is 4.79 Å². The van der Waals surface area contributed by atoms with E-state index in [1.54, 1.807) is 0 Å². The van der Waals surface area contributed by atoms with E-state index in [0.29, 0.717) is 12.8 Å². The summed E-state index contributed by atoms with van der Waals surface area (Å²) in [4.78, 5) is 13.3. The molecule has 0 saturated heterocycles. The number of carbonyl (C=O) groups excluding carboxylic acids is 1. The Bertz CT molecular complexity index is 260. The molecule has 0 spiro atoms. The summed E-state index contributed by atoms with van der Waals surface area (Å²) < 4.78 is 0. The lowest BCUT2D eigenvalue weighted by Crippen LogP contribution is -2.34. The number of hydrogen-bond acceptors (Lipinski definition) is 1. The fourth-order valence-corrected chi connectivity index (χ4v) is 1.33. The predicted octanol–water partition coefficient (Wildman–Crippen LogP) is 1.58. The normalized spacial score (nSPS) is 16.3. The first-order valence-electron chi connectivity index (χ1n) is 4.61.